The maximum Gasteiger partial charge on any atom is 0.416 e. The smallest absolute Gasteiger partial charge is 0.416 e. The van der Waals surface area contributed by atoms with Crippen molar-refractivity contribution >= 4 is 16.8 Å². The minimum absolute atomic E-state index is 0.0256. The van der Waals surface area contributed by atoms with Gasteiger partial charge in [0.1, 0.15) is 17.1 Å². The number of Topliss-reactive ketones (excluding diaryl/α,β-unsaturated/α-hetero) is 1. The van der Waals surface area contributed by atoms with Gasteiger partial charge in [-0.3, -0.25) is 4.79 Å². The fourth-order valence-corrected chi connectivity index (χ4v) is 3.19. The lowest BCUT2D eigenvalue weighted by molar-refractivity contribution is -0.137. The molecule has 0 aliphatic rings. The number of unbranched alkanes of at least 4 members (excludes halogenated alkanes) is 3. The number of rotatable bonds is 7. The molecule has 28 heavy (non-hydrogen) atoms. The zero-order valence-corrected chi connectivity index (χ0v) is 15.5. The molecule has 1 aromatic heterocycles. The quantitative estimate of drug-likeness (QED) is 0.350. The molecule has 3 nitrogen and oxygen atoms in total. The average molecular weight is 390 g/mol. The topological polar surface area (TPSA) is 50.4 Å². The number of phenolic OH excluding ortho intramolecular Hbond substituents is 1. The number of alkyl halides is 3. The summed E-state index contributed by atoms with van der Waals surface area (Å²) in [6.07, 6.45) is -0.199. The van der Waals surface area contributed by atoms with Crippen LogP contribution in [0.25, 0.3) is 22.3 Å². The number of phenols is 1. The van der Waals surface area contributed by atoms with Gasteiger partial charge in [-0.15, -0.1) is 0 Å². The molecule has 6 heteroatoms. The van der Waals surface area contributed by atoms with Crippen molar-refractivity contribution in [2.24, 2.45) is 0 Å². The van der Waals surface area contributed by atoms with E-state index < -0.39 is 11.7 Å². The molecular weight excluding hydrogens is 369 g/mol. The second kappa shape index (κ2) is 8.09. The highest BCUT2D eigenvalue weighted by atomic mass is 19.4. The van der Waals surface area contributed by atoms with Crippen LogP contribution in [0, 0.1) is 0 Å². The van der Waals surface area contributed by atoms with Gasteiger partial charge in [0.05, 0.1) is 11.1 Å². The Morgan fingerprint density at radius 3 is 2.57 bits per heavy atom. The fraction of sp³-hybridized carbons (Fsp3) is 0.318. The van der Waals surface area contributed by atoms with E-state index in [-0.39, 0.29) is 22.9 Å². The summed E-state index contributed by atoms with van der Waals surface area (Å²) in [7, 11) is 0. The number of furan rings is 1. The average Bonchev–Trinajstić information content (AvgIpc) is 3.08. The summed E-state index contributed by atoms with van der Waals surface area (Å²) in [5.41, 5.74) is -0.0676. The van der Waals surface area contributed by atoms with Crippen LogP contribution in [-0.4, -0.2) is 10.9 Å². The van der Waals surface area contributed by atoms with Gasteiger partial charge in [0.2, 0.25) is 0 Å². The van der Waals surface area contributed by atoms with Crippen LogP contribution in [0.3, 0.4) is 0 Å². The molecule has 0 bridgehead atoms. The maximum atomic E-state index is 13.0. The number of carbonyl (C=O) groups excluding carboxylic acids is 1. The molecule has 0 radical (unpaired) electrons. The molecule has 1 heterocycles. The monoisotopic (exact) mass is 390 g/mol. The van der Waals surface area contributed by atoms with E-state index in [1.165, 1.54) is 6.07 Å². The molecule has 0 saturated carbocycles. The molecule has 2 aromatic carbocycles. The van der Waals surface area contributed by atoms with E-state index >= 15 is 0 Å². The Morgan fingerprint density at radius 2 is 1.86 bits per heavy atom. The zero-order valence-electron chi connectivity index (χ0n) is 15.5. The van der Waals surface area contributed by atoms with E-state index in [4.69, 9.17) is 4.42 Å². The largest absolute Gasteiger partial charge is 0.507 e. The summed E-state index contributed by atoms with van der Waals surface area (Å²) < 4.78 is 44.7. The molecule has 0 atom stereocenters. The van der Waals surface area contributed by atoms with Crippen LogP contribution in [-0.2, 0) is 6.18 Å². The predicted octanol–water partition coefficient (Wildman–Crippen LogP) is 6.98. The van der Waals surface area contributed by atoms with Crippen LogP contribution in [0.1, 0.15) is 54.9 Å². The third-order valence-corrected chi connectivity index (χ3v) is 4.71. The molecule has 0 saturated heterocycles. The zero-order chi connectivity index (χ0) is 20.3. The minimum Gasteiger partial charge on any atom is -0.507 e. The van der Waals surface area contributed by atoms with Gasteiger partial charge in [0, 0.05) is 17.4 Å². The number of benzene rings is 2. The van der Waals surface area contributed by atoms with E-state index in [0.29, 0.717) is 23.0 Å². The Morgan fingerprint density at radius 1 is 1.07 bits per heavy atom. The predicted molar refractivity (Wildman–Crippen MR) is 101 cm³/mol. The van der Waals surface area contributed by atoms with Crippen molar-refractivity contribution < 1.29 is 27.5 Å². The van der Waals surface area contributed by atoms with Gasteiger partial charge < -0.3 is 9.52 Å². The summed E-state index contributed by atoms with van der Waals surface area (Å²) in [5.74, 6) is -0.258. The third-order valence-electron chi connectivity index (χ3n) is 4.71. The van der Waals surface area contributed by atoms with E-state index in [2.05, 4.69) is 6.92 Å². The number of ketones is 1. The van der Waals surface area contributed by atoms with Crippen LogP contribution in [0.2, 0.25) is 0 Å². The first-order valence-corrected chi connectivity index (χ1v) is 9.27. The van der Waals surface area contributed by atoms with Crippen molar-refractivity contribution in [3.05, 3.63) is 53.6 Å². The lowest BCUT2D eigenvalue weighted by Gasteiger charge is -2.08. The minimum atomic E-state index is -4.53. The van der Waals surface area contributed by atoms with Gasteiger partial charge in [-0.2, -0.15) is 13.2 Å². The highest BCUT2D eigenvalue weighted by Crippen LogP contribution is 2.39. The third kappa shape index (κ3) is 4.21. The second-order valence-corrected chi connectivity index (χ2v) is 6.79. The lowest BCUT2D eigenvalue weighted by atomic mass is 10.0. The van der Waals surface area contributed by atoms with E-state index in [1.807, 2.05) is 0 Å². The summed E-state index contributed by atoms with van der Waals surface area (Å²) in [6, 6.07) is 9.19. The first-order chi connectivity index (χ1) is 13.3. The Hall–Kier alpha value is -2.76. The number of hydrogen-bond donors (Lipinski definition) is 1. The molecule has 1 N–H and O–H groups in total. The number of fused-ring (bicyclic) bond motifs is 1. The molecule has 0 aliphatic carbocycles. The van der Waals surface area contributed by atoms with Crippen LogP contribution in [0.5, 0.6) is 5.75 Å². The maximum absolute atomic E-state index is 13.0. The molecule has 0 unspecified atom stereocenters. The highest BCUT2D eigenvalue weighted by Gasteiger charge is 2.31. The number of carbonyl (C=O) groups is 1. The van der Waals surface area contributed by atoms with E-state index in [1.54, 1.807) is 18.2 Å². The van der Waals surface area contributed by atoms with Crippen molar-refractivity contribution in [1.82, 2.24) is 0 Å². The first-order valence-electron chi connectivity index (χ1n) is 9.27. The van der Waals surface area contributed by atoms with Gasteiger partial charge in [0.25, 0.3) is 0 Å². The Labute approximate surface area is 160 Å². The van der Waals surface area contributed by atoms with Crippen LogP contribution < -0.4 is 0 Å². The SMILES string of the molecule is CCCCCCC(=O)c1cccc2oc(-c3cc(C(F)(F)F)ccc3O)cc12. The number of aromatic hydroxyl groups is 1. The summed E-state index contributed by atoms with van der Waals surface area (Å²) >= 11 is 0. The molecule has 0 fully saturated rings. The molecule has 3 rings (SSSR count). The Kier molecular flexibility index (Phi) is 5.77. The van der Waals surface area contributed by atoms with Gasteiger partial charge in [-0.1, -0.05) is 38.3 Å². The van der Waals surface area contributed by atoms with Gasteiger partial charge in [0.15, 0.2) is 5.78 Å². The van der Waals surface area contributed by atoms with Crippen molar-refractivity contribution in [3.63, 3.8) is 0 Å². The lowest BCUT2D eigenvalue weighted by Crippen LogP contribution is -2.04. The molecule has 148 valence electrons. The Balaban J connectivity index is 1.97. The van der Waals surface area contributed by atoms with Crippen molar-refractivity contribution in [2.75, 3.05) is 0 Å². The van der Waals surface area contributed by atoms with Gasteiger partial charge >= 0.3 is 6.18 Å². The summed E-state index contributed by atoms with van der Waals surface area (Å²) in [5, 5.41) is 10.6. The number of halogens is 3. The first kappa shape index (κ1) is 20.0. The Bertz CT molecular complexity index is 986. The standard InChI is InChI=1S/C22H21F3O3/c1-2-3-4-5-8-18(26)15-7-6-9-20-16(15)13-21(28-20)17-12-14(22(23,24)25)10-11-19(17)27/h6-7,9-13,27H,2-5,8H2,1H3. The van der Waals surface area contributed by atoms with Crippen molar-refractivity contribution in [1.29, 1.82) is 0 Å². The number of hydrogen-bond acceptors (Lipinski definition) is 3. The van der Waals surface area contributed by atoms with E-state index in [9.17, 15) is 23.1 Å². The van der Waals surface area contributed by atoms with Crippen LogP contribution >= 0.6 is 0 Å². The summed E-state index contributed by atoms with van der Waals surface area (Å²) in [4.78, 5) is 12.6. The summed E-state index contributed by atoms with van der Waals surface area (Å²) in [6.45, 7) is 2.10. The van der Waals surface area contributed by atoms with Crippen molar-refractivity contribution in [3.8, 4) is 17.1 Å². The second-order valence-electron chi connectivity index (χ2n) is 6.79. The molecular formula is C22H21F3O3. The van der Waals surface area contributed by atoms with Gasteiger partial charge in [-0.05, 0) is 36.8 Å². The molecule has 0 amide bonds. The normalized spacial score (nSPS) is 11.9. The van der Waals surface area contributed by atoms with E-state index in [0.717, 1.165) is 43.9 Å². The fourth-order valence-electron chi connectivity index (χ4n) is 3.19. The van der Waals surface area contributed by atoms with Crippen molar-refractivity contribution in [2.45, 2.75) is 45.2 Å². The van der Waals surface area contributed by atoms with Crippen LogP contribution in [0.4, 0.5) is 13.2 Å². The highest BCUT2D eigenvalue weighted by molar-refractivity contribution is 6.08. The molecule has 0 aliphatic heterocycles. The molecule has 3 aromatic rings. The van der Waals surface area contributed by atoms with Crippen LogP contribution in [0.15, 0.2) is 46.9 Å². The molecule has 0 spiro atoms. The van der Waals surface area contributed by atoms with Gasteiger partial charge in [-0.25, -0.2) is 0 Å².